The van der Waals surface area contributed by atoms with E-state index in [1.165, 1.54) is 18.2 Å². The lowest BCUT2D eigenvalue weighted by Crippen LogP contribution is -2.38. The predicted molar refractivity (Wildman–Crippen MR) is 87.3 cm³/mol. The molecule has 2 aromatic rings. The molecule has 0 atom stereocenters. The van der Waals surface area contributed by atoms with Crippen molar-refractivity contribution in [3.8, 4) is 0 Å². The number of carbonyl (C=O) groups is 1. The molecular formula is C16H15F3N2O3S. The first-order chi connectivity index (χ1) is 11.7. The van der Waals surface area contributed by atoms with Gasteiger partial charge in [0.05, 0.1) is 18.5 Å². The zero-order chi connectivity index (χ0) is 18.6. The van der Waals surface area contributed by atoms with Crippen LogP contribution < -0.4 is 9.62 Å². The largest absolute Gasteiger partial charge is 0.350 e. The molecule has 1 N–H and O–H groups in total. The lowest BCUT2D eigenvalue weighted by Gasteiger charge is -2.22. The Bertz CT molecular complexity index is 888. The third-order valence-electron chi connectivity index (χ3n) is 3.28. The average Bonchev–Trinajstić information content (AvgIpc) is 2.52. The standard InChI is InChI=1S/C16H15F3N2O3S/c1-25(23,24)21(13-4-2-3-12(17)10-13)8-7-20-16(22)11-5-6-14(18)15(19)9-11/h2-6,9-10H,7-8H2,1H3,(H,20,22). The van der Waals surface area contributed by atoms with Gasteiger partial charge in [-0.3, -0.25) is 9.10 Å². The van der Waals surface area contributed by atoms with Gasteiger partial charge in [-0.05, 0) is 36.4 Å². The van der Waals surface area contributed by atoms with Gasteiger partial charge in [0.2, 0.25) is 10.0 Å². The monoisotopic (exact) mass is 372 g/mol. The highest BCUT2D eigenvalue weighted by molar-refractivity contribution is 7.92. The first-order valence-corrected chi connectivity index (χ1v) is 9.00. The molecule has 2 rings (SSSR count). The molecule has 0 aliphatic rings. The van der Waals surface area contributed by atoms with Crippen LogP contribution in [0.25, 0.3) is 0 Å². The molecule has 0 aromatic heterocycles. The average molecular weight is 372 g/mol. The smallest absolute Gasteiger partial charge is 0.251 e. The summed E-state index contributed by atoms with van der Waals surface area (Å²) < 4.78 is 64.0. The number of hydrogen-bond acceptors (Lipinski definition) is 3. The minimum atomic E-state index is -3.70. The lowest BCUT2D eigenvalue weighted by molar-refractivity contribution is 0.0954. The van der Waals surface area contributed by atoms with E-state index in [2.05, 4.69) is 5.32 Å². The Morgan fingerprint density at radius 3 is 2.40 bits per heavy atom. The molecule has 9 heteroatoms. The summed E-state index contributed by atoms with van der Waals surface area (Å²) in [6, 6.07) is 7.68. The molecule has 0 radical (unpaired) electrons. The minimum Gasteiger partial charge on any atom is -0.350 e. The fourth-order valence-electron chi connectivity index (χ4n) is 2.13. The van der Waals surface area contributed by atoms with Crippen LogP contribution >= 0.6 is 0 Å². The Balaban J connectivity index is 2.06. The second-order valence-corrected chi connectivity index (χ2v) is 7.11. The van der Waals surface area contributed by atoms with Crippen molar-refractivity contribution in [2.75, 3.05) is 23.7 Å². The Kier molecular flexibility index (Phi) is 5.68. The van der Waals surface area contributed by atoms with E-state index in [1.807, 2.05) is 0 Å². The molecular weight excluding hydrogens is 357 g/mol. The van der Waals surface area contributed by atoms with E-state index in [9.17, 15) is 26.4 Å². The van der Waals surface area contributed by atoms with Crippen molar-refractivity contribution in [2.45, 2.75) is 0 Å². The van der Waals surface area contributed by atoms with E-state index >= 15 is 0 Å². The third-order valence-corrected chi connectivity index (χ3v) is 4.47. The SMILES string of the molecule is CS(=O)(=O)N(CCNC(=O)c1ccc(F)c(F)c1)c1cccc(F)c1. The van der Waals surface area contributed by atoms with Gasteiger partial charge >= 0.3 is 0 Å². The van der Waals surface area contributed by atoms with E-state index in [4.69, 9.17) is 0 Å². The normalized spacial score (nSPS) is 11.2. The van der Waals surface area contributed by atoms with Crippen molar-refractivity contribution in [3.63, 3.8) is 0 Å². The summed E-state index contributed by atoms with van der Waals surface area (Å²) >= 11 is 0. The summed E-state index contributed by atoms with van der Waals surface area (Å²) in [4.78, 5) is 11.9. The number of rotatable bonds is 6. The number of sulfonamides is 1. The zero-order valence-electron chi connectivity index (χ0n) is 13.2. The van der Waals surface area contributed by atoms with Gasteiger partial charge in [-0.15, -0.1) is 0 Å². The molecule has 0 unspecified atom stereocenters. The Hall–Kier alpha value is -2.55. The zero-order valence-corrected chi connectivity index (χ0v) is 14.0. The van der Waals surface area contributed by atoms with Crippen LogP contribution in [0.2, 0.25) is 0 Å². The number of benzene rings is 2. The maximum absolute atomic E-state index is 13.3. The molecule has 0 spiro atoms. The van der Waals surface area contributed by atoms with E-state index < -0.39 is 33.4 Å². The number of anilines is 1. The van der Waals surface area contributed by atoms with Gasteiger partial charge in [-0.2, -0.15) is 0 Å². The maximum Gasteiger partial charge on any atom is 0.251 e. The van der Waals surface area contributed by atoms with Crippen molar-refractivity contribution in [3.05, 3.63) is 65.5 Å². The number of amides is 1. The lowest BCUT2D eigenvalue weighted by atomic mass is 10.2. The molecule has 5 nitrogen and oxygen atoms in total. The number of halogens is 3. The van der Waals surface area contributed by atoms with E-state index in [1.54, 1.807) is 0 Å². The molecule has 0 heterocycles. The fourth-order valence-corrected chi connectivity index (χ4v) is 3.05. The second kappa shape index (κ2) is 7.56. The van der Waals surface area contributed by atoms with E-state index in [0.29, 0.717) is 0 Å². The van der Waals surface area contributed by atoms with Gasteiger partial charge in [0.1, 0.15) is 5.82 Å². The highest BCUT2D eigenvalue weighted by atomic mass is 32.2. The van der Waals surface area contributed by atoms with Crippen molar-refractivity contribution < 1.29 is 26.4 Å². The molecule has 0 bridgehead atoms. The summed E-state index contributed by atoms with van der Waals surface area (Å²) in [6.07, 6.45) is 0.953. The van der Waals surface area contributed by atoms with Gasteiger partial charge in [-0.25, -0.2) is 21.6 Å². The summed E-state index contributed by atoms with van der Waals surface area (Å²) in [5, 5.41) is 2.40. The highest BCUT2D eigenvalue weighted by Crippen LogP contribution is 2.18. The van der Waals surface area contributed by atoms with Gasteiger partial charge in [0.25, 0.3) is 5.91 Å². The predicted octanol–water partition coefficient (Wildman–Crippen LogP) is 2.30. The van der Waals surface area contributed by atoms with Crippen LogP contribution in [0, 0.1) is 17.5 Å². The number of hydrogen-bond donors (Lipinski definition) is 1. The van der Waals surface area contributed by atoms with Crippen molar-refractivity contribution in [1.29, 1.82) is 0 Å². The van der Waals surface area contributed by atoms with Crippen LogP contribution in [0.1, 0.15) is 10.4 Å². The molecule has 1 amide bonds. The van der Waals surface area contributed by atoms with Crippen LogP contribution in [0.3, 0.4) is 0 Å². The van der Waals surface area contributed by atoms with Crippen molar-refractivity contribution >= 4 is 21.6 Å². The van der Waals surface area contributed by atoms with Crippen LogP contribution in [-0.2, 0) is 10.0 Å². The van der Waals surface area contributed by atoms with Gasteiger partial charge in [0, 0.05) is 12.1 Å². The molecule has 0 aliphatic carbocycles. The highest BCUT2D eigenvalue weighted by Gasteiger charge is 2.18. The Morgan fingerprint density at radius 1 is 1.08 bits per heavy atom. The van der Waals surface area contributed by atoms with Crippen LogP contribution in [0.5, 0.6) is 0 Å². The topological polar surface area (TPSA) is 66.5 Å². The quantitative estimate of drug-likeness (QED) is 0.846. The van der Waals surface area contributed by atoms with Gasteiger partial charge in [0.15, 0.2) is 11.6 Å². The fraction of sp³-hybridized carbons (Fsp3) is 0.188. The molecule has 2 aromatic carbocycles. The van der Waals surface area contributed by atoms with E-state index in [0.717, 1.165) is 34.8 Å². The first-order valence-electron chi connectivity index (χ1n) is 7.15. The molecule has 25 heavy (non-hydrogen) atoms. The van der Waals surface area contributed by atoms with Crippen molar-refractivity contribution in [2.24, 2.45) is 0 Å². The summed E-state index contributed by atoms with van der Waals surface area (Å²) in [6.45, 7) is -0.265. The van der Waals surface area contributed by atoms with Crippen LogP contribution in [0.15, 0.2) is 42.5 Å². The van der Waals surface area contributed by atoms with Gasteiger partial charge < -0.3 is 5.32 Å². The summed E-state index contributed by atoms with van der Waals surface area (Å²) in [5.74, 6) is -3.53. The molecule has 134 valence electrons. The number of carbonyl (C=O) groups excluding carboxylic acids is 1. The Morgan fingerprint density at radius 2 is 1.80 bits per heavy atom. The second-order valence-electron chi connectivity index (χ2n) is 5.20. The maximum atomic E-state index is 13.3. The van der Waals surface area contributed by atoms with Gasteiger partial charge in [-0.1, -0.05) is 6.07 Å². The summed E-state index contributed by atoms with van der Waals surface area (Å²) in [5.41, 5.74) is 0.0140. The number of nitrogens with one attached hydrogen (secondary N) is 1. The number of nitrogens with zero attached hydrogens (tertiary/aromatic N) is 1. The molecule has 0 fully saturated rings. The molecule has 0 saturated carbocycles. The Labute approximate surface area is 143 Å². The molecule has 0 aliphatic heterocycles. The van der Waals surface area contributed by atoms with Crippen LogP contribution in [0.4, 0.5) is 18.9 Å². The van der Waals surface area contributed by atoms with Crippen molar-refractivity contribution in [1.82, 2.24) is 5.32 Å². The third kappa shape index (κ3) is 4.96. The van der Waals surface area contributed by atoms with E-state index in [-0.39, 0.29) is 24.3 Å². The summed E-state index contributed by atoms with van der Waals surface area (Å²) in [7, 11) is -3.70. The minimum absolute atomic E-state index is 0.101. The molecule has 0 saturated heterocycles. The van der Waals surface area contributed by atoms with Crippen LogP contribution in [-0.4, -0.2) is 33.7 Å². The first kappa shape index (κ1) is 18.8.